The molecule has 2 aromatic carbocycles. The van der Waals surface area contributed by atoms with Gasteiger partial charge in [0.1, 0.15) is 28.5 Å². The van der Waals surface area contributed by atoms with E-state index >= 15 is 0 Å². The third-order valence-electron chi connectivity index (χ3n) is 4.62. The number of anilines is 2. The van der Waals surface area contributed by atoms with Crippen molar-refractivity contribution in [2.75, 3.05) is 29.8 Å². The van der Waals surface area contributed by atoms with E-state index in [0.717, 1.165) is 17.6 Å². The van der Waals surface area contributed by atoms with Crippen LogP contribution in [-0.2, 0) is 9.84 Å². The first kappa shape index (κ1) is 25.3. The van der Waals surface area contributed by atoms with Crippen LogP contribution in [0.5, 0.6) is 11.5 Å². The standard InChI is InChI=1S/C20H20N6O3S.C3H8S/c1-13-4-7-17(18(10-13)30(3,27)28)29-14-5-6-16-15(11-14)20(23-12-22-16)24-19-8-9-26(21-2)25-19;1-2-3-4/h4-12,21H,1-3H3,(H,22,23,24,25);4H,2-3H2,1H3. The number of aryl methyl sites for hydroxylation is 1. The van der Waals surface area contributed by atoms with Crippen LogP contribution >= 0.6 is 12.6 Å². The summed E-state index contributed by atoms with van der Waals surface area (Å²) >= 11 is 3.92. The van der Waals surface area contributed by atoms with Crippen molar-refractivity contribution in [3.8, 4) is 11.5 Å². The Morgan fingerprint density at radius 1 is 1.12 bits per heavy atom. The van der Waals surface area contributed by atoms with Crippen molar-refractivity contribution in [2.45, 2.75) is 25.2 Å². The molecule has 0 aliphatic rings. The van der Waals surface area contributed by atoms with Crippen molar-refractivity contribution < 1.29 is 13.2 Å². The fourth-order valence-electron chi connectivity index (χ4n) is 2.95. The zero-order chi connectivity index (χ0) is 24.7. The van der Waals surface area contributed by atoms with Gasteiger partial charge in [0.25, 0.3) is 0 Å². The van der Waals surface area contributed by atoms with Gasteiger partial charge in [0.05, 0.1) is 11.7 Å². The Labute approximate surface area is 204 Å². The molecule has 0 unspecified atom stereocenters. The molecule has 0 spiro atoms. The Hall–Kier alpha value is -3.31. The van der Waals surface area contributed by atoms with Crippen LogP contribution in [0.3, 0.4) is 0 Å². The Bertz CT molecular complexity index is 1370. The number of hydrogen-bond acceptors (Lipinski definition) is 9. The van der Waals surface area contributed by atoms with E-state index in [4.69, 9.17) is 4.74 Å². The van der Waals surface area contributed by atoms with Gasteiger partial charge in [0.2, 0.25) is 0 Å². The number of nitrogens with zero attached hydrogens (tertiary/aromatic N) is 4. The quantitative estimate of drug-likeness (QED) is 0.316. The lowest BCUT2D eigenvalue weighted by Gasteiger charge is -2.12. The second-order valence-corrected chi connectivity index (χ2v) is 9.87. The van der Waals surface area contributed by atoms with Gasteiger partial charge in [-0.2, -0.15) is 17.4 Å². The first-order valence-electron chi connectivity index (χ1n) is 10.6. The highest BCUT2D eigenvalue weighted by Gasteiger charge is 2.16. The molecule has 11 heteroatoms. The molecular weight excluding hydrogens is 472 g/mol. The highest BCUT2D eigenvalue weighted by Crippen LogP contribution is 2.32. The number of rotatable bonds is 7. The summed E-state index contributed by atoms with van der Waals surface area (Å²) in [6, 6.07) is 12.1. The molecule has 34 heavy (non-hydrogen) atoms. The van der Waals surface area contributed by atoms with E-state index < -0.39 is 9.84 Å². The number of ether oxygens (including phenoxy) is 1. The van der Waals surface area contributed by atoms with Gasteiger partial charge in [0.15, 0.2) is 15.7 Å². The lowest BCUT2D eigenvalue weighted by Crippen LogP contribution is -2.09. The monoisotopic (exact) mass is 500 g/mol. The van der Waals surface area contributed by atoms with E-state index in [1.54, 1.807) is 60.5 Å². The fourth-order valence-corrected chi connectivity index (χ4v) is 3.83. The number of benzene rings is 2. The molecule has 0 saturated carbocycles. The molecule has 0 saturated heterocycles. The summed E-state index contributed by atoms with van der Waals surface area (Å²) in [6.45, 7) is 3.94. The number of nitrogens with one attached hydrogen (secondary N) is 2. The van der Waals surface area contributed by atoms with Crippen molar-refractivity contribution in [2.24, 2.45) is 0 Å². The van der Waals surface area contributed by atoms with Gasteiger partial charge in [-0.25, -0.2) is 18.4 Å². The lowest BCUT2D eigenvalue weighted by atomic mass is 10.2. The predicted octanol–water partition coefficient (Wildman–Crippen LogP) is 4.57. The minimum Gasteiger partial charge on any atom is -0.456 e. The van der Waals surface area contributed by atoms with Crippen molar-refractivity contribution in [3.05, 3.63) is 60.6 Å². The molecule has 2 heterocycles. The third-order valence-corrected chi connectivity index (χ3v) is 6.19. The highest BCUT2D eigenvalue weighted by atomic mass is 32.2. The maximum atomic E-state index is 12.2. The predicted molar refractivity (Wildman–Crippen MR) is 139 cm³/mol. The summed E-state index contributed by atoms with van der Waals surface area (Å²) in [4.78, 5) is 10.3. The number of sulfone groups is 1. The van der Waals surface area contributed by atoms with Gasteiger partial charge in [-0.15, -0.1) is 5.10 Å². The molecule has 4 aromatic rings. The Morgan fingerprint density at radius 3 is 2.53 bits per heavy atom. The van der Waals surface area contributed by atoms with Crippen molar-refractivity contribution in [1.82, 2.24) is 19.9 Å². The first-order chi connectivity index (χ1) is 16.2. The first-order valence-corrected chi connectivity index (χ1v) is 13.1. The average Bonchev–Trinajstić information content (AvgIpc) is 3.28. The van der Waals surface area contributed by atoms with Crippen LogP contribution in [0.1, 0.15) is 18.9 Å². The molecule has 9 nitrogen and oxygen atoms in total. The maximum absolute atomic E-state index is 12.2. The third kappa shape index (κ3) is 6.39. The highest BCUT2D eigenvalue weighted by molar-refractivity contribution is 7.90. The maximum Gasteiger partial charge on any atom is 0.179 e. The molecular formula is C23H28N6O3S2. The second kappa shape index (κ2) is 11.2. The van der Waals surface area contributed by atoms with E-state index in [1.165, 1.54) is 12.7 Å². The van der Waals surface area contributed by atoms with Gasteiger partial charge in [0, 0.05) is 24.8 Å². The molecule has 0 aliphatic carbocycles. The second-order valence-electron chi connectivity index (χ2n) is 7.44. The van der Waals surface area contributed by atoms with E-state index in [-0.39, 0.29) is 10.6 Å². The van der Waals surface area contributed by atoms with Crippen LogP contribution in [-0.4, -0.2) is 47.3 Å². The zero-order valence-corrected chi connectivity index (χ0v) is 21.2. The van der Waals surface area contributed by atoms with Crippen LogP contribution in [0.25, 0.3) is 10.9 Å². The molecule has 2 N–H and O–H groups in total. The number of fused-ring (bicyclic) bond motifs is 1. The van der Waals surface area contributed by atoms with Gasteiger partial charge in [-0.1, -0.05) is 13.0 Å². The smallest absolute Gasteiger partial charge is 0.179 e. The van der Waals surface area contributed by atoms with Crippen molar-refractivity contribution in [1.29, 1.82) is 0 Å². The normalized spacial score (nSPS) is 11.0. The summed E-state index contributed by atoms with van der Waals surface area (Å²) in [5.74, 6) is 2.91. The van der Waals surface area contributed by atoms with E-state index in [9.17, 15) is 8.42 Å². The van der Waals surface area contributed by atoms with Crippen LogP contribution in [0.4, 0.5) is 11.6 Å². The molecule has 4 rings (SSSR count). The summed E-state index contributed by atoms with van der Waals surface area (Å²) < 4.78 is 30.3. The molecule has 180 valence electrons. The summed E-state index contributed by atoms with van der Waals surface area (Å²) in [7, 11) is -1.69. The van der Waals surface area contributed by atoms with Crippen LogP contribution < -0.4 is 15.5 Å². The number of thiol groups is 1. The molecule has 0 amide bonds. The molecule has 2 aromatic heterocycles. The zero-order valence-electron chi connectivity index (χ0n) is 19.5. The minimum absolute atomic E-state index is 0.142. The SMILES string of the molecule is CCCS.CNn1ccc(Nc2ncnc3ccc(Oc4ccc(C)cc4S(C)(=O)=O)cc23)n1. The van der Waals surface area contributed by atoms with E-state index in [0.29, 0.717) is 28.3 Å². The van der Waals surface area contributed by atoms with Gasteiger partial charge < -0.3 is 15.5 Å². The number of aromatic nitrogens is 4. The van der Waals surface area contributed by atoms with Crippen LogP contribution in [0, 0.1) is 6.92 Å². The van der Waals surface area contributed by atoms with E-state index in [1.807, 2.05) is 6.92 Å². The van der Waals surface area contributed by atoms with Gasteiger partial charge in [-0.05, 0) is 55.0 Å². The van der Waals surface area contributed by atoms with Crippen LogP contribution in [0.15, 0.2) is 59.9 Å². The Kier molecular flexibility index (Phi) is 8.35. The summed E-state index contributed by atoms with van der Waals surface area (Å²) in [5.41, 5.74) is 4.44. The van der Waals surface area contributed by atoms with E-state index in [2.05, 4.69) is 45.4 Å². The van der Waals surface area contributed by atoms with Crippen molar-refractivity contribution in [3.63, 3.8) is 0 Å². The summed E-state index contributed by atoms with van der Waals surface area (Å²) in [5, 5.41) is 8.18. The lowest BCUT2D eigenvalue weighted by molar-refractivity contribution is 0.468. The average molecular weight is 501 g/mol. The van der Waals surface area contributed by atoms with Crippen molar-refractivity contribution >= 4 is 45.0 Å². The molecule has 0 radical (unpaired) electrons. The molecule has 0 atom stereocenters. The minimum atomic E-state index is -3.45. The molecule has 0 fully saturated rings. The molecule has 0 bridgehead atoms. The van der Waals surface area contributed by atoms with Gasteiger partial charge >= 0.3 is 0 Å². The largest absolute Gasteiger partial charge is 0.456 e. The van der Waals surface area contributed by atoms with Gasteiger partial charge in [-0.3, -0.25) is 0 Å². The topological polar surface area (TPSA) is 111 Å². The molecule has 0 aliphatic heterocycles. The van der Waals surface area contributed by atoms with Crippen LogP contribution in [0.2, 0.25) is 0 Å². The fraction of sp³-hybridized carbons (Fsp3) is 0.261. The summed E-state index contributed by atoms with van der Waals surface area (Å²) in [6.07, 6.45) is 5.57. The Balaban J connectivity index is 0.000000751. The number of hydrogen-bond donors (Lipinski definition) is 3. The Morgan fingerprint density at radius 2 is 1.88 bits per heavy atom.